The van der Waals surface area contributed by atoms with Crippen LogP contribution in [0.5, 0.6) is 0 Å². The van der Waals surface area contributed by atoms with Crippen LogP contribution >= 0.6 is 0 Å². The van der Waals surface area contributed by atoms with E-state index in [0.29, 0.717) is 19.8 Å². The Hall–Kier alpha value is -0.770. The molecule has 1 unspecified atom stereocenters. The van der Waals surface area contributed by atoms with Crippen molar-refractivity contribution < 1.29 is 14.3 Å². The summed E-state index contributed by atoms with van der Waals surface area (Å²) in [6.07, 6.45) is 0.497. The van der Waals surface area contributed by atoms with Crippen molar-refractivity contribution in [3.63, 3.8) is 0 Å². The Kier molecular flexibility index (Phi) is 2.92. The highest BCUT2D eigenvalue weighted by molar-refractivity contribution is 5.68. The number of amides is 1. The highest BCUT2D eigenvalue weighted by atomic mass is 16.5. The molecule has 0 aromatic carbocycles. The van der Waals surface area contributed by atoms with Gasteiger partial charge >= 0.3 is 6.09 Å². The molecular weight excluding hydrogens is 158 g/mol. The van der Waals surface area contributed by atoms with Crippen LogP contribution in [-0.2, 0) is 9.47 Å². The Bertz CT molecular complexity index is 164. The summed E-state index contributed by atoms with van der Waals surface area (Å²) in [5.41, 5.74) is -0.230. The summed E-state index contributed by atoms with van der Waals surface area (Å²) in [6, 6.07) is 0. The third-order valence-corrected chi connectivity index (χ3v) is 1.90. The monoisotopic (exact) mass is 173 g/mol. The Balaban J connectivity index is 2.33. The predicted molar refractivity (Wildman–Crippen MR) is 44.0 cm³/mol. The van der Waals surface area contributed by atoms with Crippen molar-refractivity contribution in [2.75, 3.05) is 19.8 Å². The van der Waals surface area contributed by atoms with Gasteiger partial charge < -0.3 is 14.8 Å². The summed E-state index contributed by atoms with van der Waals surface area (Å²) < 4.78 is 9.93. The van der Waals surface area contributed by atoms with Crippen LogP contribution in [-0.4, -0.2) is 31.5 Å². The van der Waals surface area contributed by atoms with Gasteiger partial charge in [-0.2, -0.15) is 0 Å². The molecular formula is C8H15NO3. The van der Waals surface area contributed by atoms with E-state index in [0.717, 1.165) is 6.42 Å². The summed E-state index contributed by atoms with van der Waals surface area (Å²) in [7, 11) is 0. The lowest BCUT2D eigenvalue weighted by Crippen LogP contribution is -2.46. The molecule has 1 rings (SSSR count). The normalized spacial score (nSPS) is 28.5. The molecule has 0 aliphatic carbocycles. The van der Waals surface area contributed by atoms with Crippen molar-refractivity contribution in [1.29, 1.82) is 0 Å². The van der Waals surface area contributed by atoms with E-state index in [1.54, 1.807) is 6.92 Å². The maximum Gasteiger partial charge on any atom is 0.407 e. The highest BCUT2D eigenvalue weighted by Crippen LogP contribution is 2.17. The maximum atomic E-state index is 11.0. The van der Waals surface area contributed by atoms with Crippen LogP contribution < -0.4 is 5.32 Å². The average molecular weight is 173 g/mol. The second-order valence-electron chi connectivity index (χ2n) is 3.21. The molecule has 1 fully saturated rings. The molecule has 1 heterocycles. The Labute approximate surface area is 72.2 Å². The molecule has 4 nitrogen and oxygen atoms in total. The zero-order chi connectivity index (χ0) is 9.03. The number of carbonyl (C=O) groups excluding carboxylic acids is 1. The lowest BCUT2D eigenvalue weighted by Gasteiger charge is -2.22. The number of hydrogen-bond acceptors (Lipinski definition) is 3. The number of rotatable bonds is 2. The summed E-state index contributed by atoms with van der Waals surface area (Å²) in [4.78, 5) is 11.0. The first-order valence-electron chi connectivity index (χ1n) is 4.19. The first kappa shape index (κ1) is 9.32. The molecule has 70 valence electrons. The number of nitrogens with one attached hydrogen (secondary N) is 1. The lowest BCUT2D eigenvalue weighted by atomic mass is 10.0. The molecule has 4 heteroatoms. The molecule has 1 amide bonds. The standard InChI is InChI=1S/C8H15NO3/c1-3-12-7(10)9-8(2)4-5-11-6-8/h3-6H2,1-2H3,(H,9,10). The van der Waals surface area contributed by atoms with Crippen LogP contribution in [0, 0.1) is 0 Å². The van der Waals surface area contributed by atoms with E-state index < -0.39 is 0 Å². The largest absolute Gasteiger partial charge is 0.450 e. The van der Waals surface area contributed by atoms with Crippen LogP contribution in [0.4, 0.5) is 4.79 Å². The van der Waals surface area contributed by atoms with Crippen LogP contribution in [0.1, 0.15) is 20.3 Å². The van der Waals surface area contributed by atoms with Crippen LogP contribution in [0.3, 0.4) is 0 Å². The molecule has 1 aliphatic rings. The minimum atomic E-state index is -0.356. The number of ether oxygens (including phenoxy) is 2. The van der Waals surface area contributed by atoms with Gasteiger partial charge in [0.05, 0.1) is 18.8 Å². The van der Waals surface area contributed by atoms with E-state index >= 15 is 0 Å². The Morgan fingerprint density at radius 2 is 2.50 bits per heavy atom. The van der Waals surface area contributed by atoms with Crippen LogP contribution in [0.25, 0.3) is 0 Å². The zero-order valence-corrected chi connectivity index (χ0v) is 7.55. The predicted octanol–water partition coefficient (Wildman–Crippen LogP) is 0.911. The van der Waals surface area contributed by atoms with Crippen molar-refractivity contribution in [2.24, 2.45) is 0 Å². The maximum absolute atomic E-state index is 11.0. The summed E-state index contributed by atoms with van der Waals surface area (Å²) >= 11 is 0. The first-order valence-corrected chi connectivity index (χ1v) is 4.19. The molecule has 1 N–H and O–H groups in total. The average Bonchev–Trinajstić information content (AvgIpc) is 2.36. The summed E-state index contributed by atoms with van der Waals surface area (Å²) in [5.74, 6) is 0. The molecule has 0 bridgehead atoms. The molecule has 0 aromatic heterocycles. The van der Waals surface area contributed by atoms with Crippen LogP contribution in [0.2, 0.25) is 0 Å². The number of alkyl carbamates (subject to hydrolysis) is 1. The molecule has 0 saturated carbocycles. The van der Waals surface area contributed by atoms with Gasteiger partial charge in [0.25, 0.3) is 0 Å². The van der Waals surface area contributed by atoms with Gasteiger partial charge in [0.1, 0.15) is 0 Å². The molecule has 1 aliphatic heterocycles. The molecule has 1 saturated heterocycles. The van der Waals surface area contributed by atoms with Gasteiger partial charge in [-0.3, -0.25) is 0 Å². The zero-order valence-electron chi connectivity index (χ0n) is 7.55. The second kappa shape index (κ2) is 3.76. The fraction of sp³-hybridized carbons (Fsp3) is 0.875. The van der Waals surface area contributed by atoms with E-state index in [2.05, 4.69) is 5.32 Å². The third-order valence-electron chi connectivity index (χ3n) is 1.90. The highest BCUT2D eigenvalue weighted by Gasteiger charge is 2.31. The molecule has 12 heavy (non-hydrogen) atoms. The molecule has 1 atom stereocenters. The van der Waals surface area contributed by atoms with E-state index in [1.807, 2.05) is 6.92 Å². The van der Waals surface area contributed by atoms with Gasteiger partial charge in [0.2, 0.25) is 0 Å². The number of carbonyl (C=O) groups is 1. The molecule has 0 radical (unpaired) electrons. The van der Waals surface area contributed by atoms with Gasteiger partial charge in [-0.1, -0.05) is 0 Å². The topological polar surface area (TPSA) is 47.6 Å². The Morgan fingerprint density at radius 3 is 3.00 bits per heavy atom. The smallest absolute Gasteiger partial charge is 0.407 e. The summed E-state index contributed by atoms with van der Waals surface area (Å²) in [5, 5.41) is 2.77. The van der Waals surface area contributed by atoms with E-state index in [9.17, 15) is 4.79 Å². The SMILES string of the molecule is CCOC(=O)NC1(C)CCOC1. The van der Waals surface area contributed by atoms with Crippen LogP contribution in [0.15, 0.2) is 0 Å². The molecule has 0 aromatic rings. The minimum Gasteiger partial charge on any atom is -0.450 e. The van der Waals surface area contributed by atoms with E-state index in [1.165, 1.54) is 0 Å². The fourth-order valence-electron chi connectivity index (χ4n) is 1.18. The van der Waals surface area contributed by atoms with Gasteiger partial charge in [-0.05, 0) is 20.3 Å². The van der Waals surface area contributed by atoms with Crippen molar-refractivity contribution >= 4 is 6.09 Å². The quantitative estimate of drug-likeness (QED) is 0.675. The van der Waals surface area contributed by atoms with Gasteiger partial charge in [-0.15, -0.1) is 0 Å². The van der Waals surface area contributed by atoms with Crippen molar-refractivity contribution in [2.45, 2.75) is 25.8 Å². The van der Waals surface area contributed by atoms with E-state index in [-0.39, 0.29) is 11.6 Å². The van der Waals surface area contributed by atoms with Gasteiger partial charge in [0, 0.05) is 6.61 Å². The first-order chi connectivity index (χ1) is 5.66. The van der Waals surface area contributed by atoms with Crippen molar-refractivity contribution in [1.82, 2.24) is 5.32 Å². The van der Waals surface area contributed by atoms with Gasteiger partial charge in [-0.25, -0.2) is 4.79 Å². The van der Waals surface area contributed by atoms with Crippen molar-refractivity contribution in [3.8, 4) is 0 Å². The Morgan fingerprint density at radius 1 is 1.75 bits per heavy atom. The summed E-state index contributed by atoms with van der Waals surface area (Å²) in [6.45, 7) is 5.43. The van der Waals surface area contributed by atoms with Crippen molar-refractivity contribution in [3.05, 3.63) is 0 Å². The van der Waals surface area contributed by atoms with E-state index in [4.69, 9.17) is 9.47 Å². The molecule has 0 spiro atoms. The van der Waals surface area contributed by atoms with Gasteiger partial charge in [0.15, 0.2) is 0 Å². The second-order valence-corrected chi connectivity index (χ2v) is 3.21. The minimum absolute atomic E-state index is 0.230. The third kappa shape index (κ3) is 2.37. The fourth-order valence-corrected chi connectivity index (χ4v) is 1.18. The number of hydrogen-bond donors (Lipinski definition) is 1. The lowest BCUT2D eigenvalue weighted by molar-refractivity contribution is 0.130.